The fourth-order valence-electron chi connectivity index (χ4n) is 4.90. The zero-order valence-electron chi connectivity index (χ0n) is 11.4. The lowest BCUT2D eigenvalue weighted by atomic mass is 9.93. The van der Waals surface area contributed by atoms with Gasteiger partial charge in [-0.15, -0.1) is 0 Å². The van der Waals surface area contributed by atoms with E-state index in [9.17, 15) is 0 Å². The Morgan fingerprint density at radius 3 is 2.28 bits per heavy atom. The van der Waals surface area contributed by atoms with Crippen molar-refractivity contribution in [2.75, 3.05) is 39.4 Å². The molecule has 0 amide bonds. The van der Waals surface area contributed by atoms with Crippen molar-refractivity contribution < 1.29 is 4.74 Å². The van der Waals surface area contributed by atoms with Gasteiger partial charge in [-0.1, -0.05) is 6.42 Å². The second kappa shape index (κ2) is 4.77. The highest BCUT2D eigenvalue weighted by Gasteiger charge is 2.43. The first-order valence-electron chi connectivity index (χ1n) is 7.96. The van der Waals surface area contributed by atoms with Crippen LogP contribution in [0.3, 0.4) is 0 Å². The van der Waals surface area contributed by atoms with Crippen molar-refractivity contribution in [1.82, 2.24) is 9.80 Å². The van der Waals surface area contributed by atoms with Crippen molar-refractivity contribution in [2.24, 2.45) is 11.8 Å². The number of hydrogen-bond acceptors (Lipinski definition) is 3. The lowest BCUT2D eigenvalue weighted by molar-refractivity contribution is 0.0463. The molecule has 3 heteroatoms. The Balaban J connectivity index is 1.32. The molecule has 2 saturated carbocycles. The van der Waals surface area contributed by atoms with Crippen LogP contribution in [0.15, 0.2) is 0 Å². The van der Waals surface area contributed by atoms with E-state index in [1.165, 1.54) is 51.9 Å². The quantitative estimate of drug-likeness (QED) is 0.740. The van der Waals surface area contributed by atoms with Gasteiger partial charge in [0.05, 0.1) is 6.61 Å². The lowest BCUT2D eigenvalue weighted by Gasteiger charge is -2.42. The molecule has 4 atom stereocenters. The zero-order chi connectivity index (χ0) is 11.9. The number of rotatable bonds is 2. The van der Waals surface area contributed by atoms with Crippen LogP contribution < -0.4 is 0 Å². The molecular formula is C15H26N2O. The van der Waals surface area contributed by atoms with Crippen LogP contribution >= 0.6 is 0 Å². The Labute approximate surface area is 110 Å². The summed E-state index contributed by atoms with van der Waals surface area (Å²) in [5.74, 6) is 2.14. The molecule has 4 fully saturated rings. The van der Waals surface area contributed by atoms with E-state index in [-0.39, 0.29) is 0 Å². The van der Waals surface area contributed by atoms with Crippen molar-refractivity contribution in [1.29, 1.82) is 0 Å². The molecule has 2 aliphatic carbocycles. The Morgan fingerprint density at radius 1 is 0.833 bits per heavy atom. The van der Waals surface area contributed by atoms with Crippen LogP contribution in [0, 0.1) is 11.8 Å². The number of piperazine rings is 1. The summed E-state index contributed by atoms with van der Waals surface area (Å²) in [6.07, 6.45) is 7.36. The van der Waals surface area contributed by atoms with E-state index < -0.39 is 0 Å². The van der Waals surface area contributed by atoms with Gasteiger partial charge < -0.3 is 4.74 Å². The van der Waals surface area contributed by atoms with Crippen LogP contribution in [0.4, 0.5) is 0 Å². The topological polar surface area (TPSA) is 15.7 Å². The molecule has 102 valence electrons. The molecule has 2 heterocycles. The first-order valence-corrected chi connectivity index (χ1v) is 7.96. The number of ether oxygens (including phenoxy) is 1. The second-order valence-corrected chi connectivity index (χ2v) is 6.83. The summed E-state index contributed by atoms with van der Waals surface area (Å²) in [5, 5.41) is 0. The van der Waals surface area contributed by atoms with Crippen molar-refractivity contribution in [3.05, 3.63) is 0 Å². The summed E-state index contributed by atoms with van der Waals surface area (Å²) >= 11 is 0. The molecule has 2 aliphatic heterocycles. The summed E-state index contributed by atoms with van der Waals surface area (Å²) in [4.78, 5) is 5.49. The zero-order valence-corrected chi connectivity index (χ0v) is 11.4. The van der Waals surface area contributed by atoms with Gasteiger partial charge in [0.15, 0.2) is 0 Å². The van der Waals surface area contributed by atoms with E-state index in [1.54, 1.807) is 6.42 Å². The van der Waals surface area contributed by atoms with E-state index in [0.29, 0.717) is 0 Å². The van der Waals surface area contributed by atoms with Crippen LogP contribution in [-0.2, 0) is 4.74 Å². The fraction of sp³-hybridized carbons (Fsp3) is 1.00. The van der Waals surface area contributed by atoms with Crippen molar-refractivity contribution in [2.45, 2.75) is 44.2 Å². The minimum Gasteiger partial charge on any atom is -0.380 e. The van der Waals surface area contributed by atoms with Crippen molar-refractivity contribution >= 4 is 0 Å². The Morgan fingerprint density at radius 2 is 1.67 bits per heavy atom. The molecule has 2 bridgehead atoms. The molecule has 4 aliphatic rings. The van der Waals surface area contributed by atoms with Crippen LogP contribution in [0.25, 0.3) is 0 Å². The smallest absolute Gasteiger partial charge is 0.0622 e. The Kier molecular flexibility index (Phi) is 3.10. The summed E-state index contributed by atoms with van der Waals surface area (Å²) in [5.41, 5.74) is 0. The van der Waals surface area contributed by atoms with E-state index in [0.717, 1.165) is 37.1 Å². The predicted octanol–water partition coefficient (Wildman–Crippen LogP) is 1.58. The molecule has 0 radical (unpaired) electrons. The molecular weight excluding hydrogens is 224 g/mol. The average Bonchev–Trinajstić information content (AvgIpc) is 3.16. The molecule has 0 unspecified atom stereocenters. The van der Waals surface area contributed by atoms with Crippen LogP contribution in [0.2, 0.25) is 0 Å². The normalized spacial score (nSPS) is 46.0. The molecule has 18 heavy (non-hydrogen) atoms. The largest absolute Gasteiger partial charge is 0.380 e. The summed E-state index contributed by atoms with van der Waals surface area (Å²) in [6.45, 7) is 7.14. The van der Waals surface area contributed by atoms with Gasteiger partial charge in [0.1, 0.15) is 0 Å². The summed E-state index contributed by atoms with van der Waals surface area (Å²) in [6, 6.07) is 1.68. The van der Waals surface area contributed by atoms with Gasteiger partial charge in [-0.2, -0.15) is 0 Å². The van der Waals surface area contributed by atoms with E-state index in [1.807, 2.05) is 0 Å². The Bertz CT molecular complexity index is 295. The molecule has 4 rings (SSSR count). The van der Waals surface area contributed by atoms with E-state index >= 15 is 0 Å². The van der Waals surface area contributed by atoms with Crippen molar-refractivity contribution in [3.8, 4) is 0 Å². The van der Waals surface area contributed by atoms with Crippen LogP contribution in [0.5, 0.6) is 0 Å². The number of fused-ring (bicyclic) bond motifs is 2. The second-order valence-electron chi connectivity index (χ2n) is 6.83. The van der Waals surface area contributed by atoms with Gasteiger partial charge in [-0.05, 0) is 37.5 Å². The maximum absolute atomic E-state index is 5.52. The molecule has 3 nitrogen and oxygen atoms in total. The van der Waals surface area contributed by atoms with Crippen LogP contribution in [0.1, 0.15) is 32.1 Å². The van der Waals surface area contributed by atoms with Gasteiger partial charge >= 0.3 is 0 Å². The number of hydrogen-bond donors (Lipinski definition) is 0. The van der Waals surface area contributed by atoms with Gasteiger partial charge in [0.25, 0.3) is 0 Å². The van der Waals surface area contributed by atoms with Gasteiger partial charge in [0.2, 0.25) is 0 Å². The molecule has 0 aromatic carbocycles. The third kappa shape index (κ3) is 2.00. The maximum atomic E-state index is 5.52. The molecule has 0 spiro atoms. The highest BCUT2D eigenvalue weighted by atomic mass is 16.5. The minimum absolute atomic E-state index is 0.729. The standard InChI is InChI=1S/C15H26N2O/c1-2-13-9-12(1)10-15(13)17-6-4-16(5-7-17)14-3-8-18-11-14/h12-15H,1-11H2/t12-,13-,14+,15-/m0/s1. The fourth-order valence-corrected chi connectivity index (χ4v) is 4.90. The van der Waals surface area contributed by atoms with Crippen molar-refractivity contribution in [3.63, 3.8) is 0 Å². The van der Waals surface area contributed by atoms with E-state index in [4.69, 9.17) is 4.74 Å². The summed E-state index contributed by atoms with van der Waals surface area (Å²) < 4.78 is 5.52. The molecule has 0 aromatic heterocycles. The SMILES string of the molecule is C1C[C@@H](N2CCN([C@H]3C[C@H]4CC[C@H]3C4)CC2)CO1. The first-order chi connectivity index (χ1) is 8.90. The predicted molar refractivity (Wildman–Crippen MR) is 71.6 cm³/mol. The highest BCUT2D eigenvalue weighted by Crippen LogP contribution is 2.46. The van der Waals surface area contributed by atoms with Crippen LogP contribution in [-0.4, -0.2) is 61.3 Å². The third-order valence-electron chi connectivity index (χ3n) is 5.94. The Hall–Kier alpha value is -0.120. The molecule has 0 N–H and O–H groups in total. The lowest BCUT2D eigenvalue weighted by Crippen LogP contribution is -2.54. The third-order valence-corrected chi connectivity index (χ3v) is 5.94. The maximum Gasteiger partial charge on any atom is 0.0622 e. The molecule has 2 saturated heterocycles. The first kappa shape index (κ1) is 11.7. The van der Waals surface area contributed by atoms with E-state index in [2.05, 4.69) is 9.80 Å². The van der Waals surface area contributed by atoms with Gasteiger partial charge in [-0.25, -0.2) is 0 Å². The monoisotopic (exact) mass is 250 g/mol. The summed E-state index contributed by atoms with van der Waals surface area (Å²) in [7, 11) is 0. The van der Waals surface area contributed by atoms with Gasteiger partial charge in [0, 0.05) is 44.9 Å². The van der Waals surface area contributed by atoms with Gasteiger partial charge in [-0.3, -0.25) is 9.80 Å². The number of nitrogens with zero attached hydrogens (tertiary/aromatic N) is 2. The highest BCUT2D eigenvalue weighted by molar-refractivity contribution is 4.96. The minimum atomic E-state index is 0.729. The molecule has 0 aromatic rings. The average molecular weight is 250 g/mol.